The molecule has 69 heavy (non-hydrogen) atoms. The van der Waals surface area contributed by atoms with E-state index in [4.69, 9.17) is 16.1 Å². The molecule has 0 N–H and O–H groups in total. The Morgan fingerprint density at radius 1 is 0.623 bits per heavy atom. The highest BCUT2D eigenvalue weighted by molar-refractivity contribution is 5.95. The molecular formula is C67H60O2. The van der Waals surface area contributed by atoms with E-state index in [1.165, 1.54) is 33.4 Å². The number of rotatable bonds is 9. The van der Waals surface area contributed by atoms with Crippen molar-refractivity contribution in [3.8, 4) is 45.3 Å². The Balaban J connectivity index is 0.000000691. The van der Waals surface area contributed by atoms with Gasteiger partial charge < -0.3 is 9.47 Å². The van der Waals surface area contributed by atoms with E-state index in [2.05, 4.69) is 219 Å². The monoisotopic (exact) mass is 896 g/mol. The standard InChI is InChI=1S/C59H44O2.C6H10.C2H6/c1-40(38-51(42-22-8-3-9-23-42)44-25-18-24-43(39-44)41-20-6-2-7-21-41)47-30-14-15-31-48(47)49-33-19-35-54-57(49)60-55-37-36-53-56(58(55)61-54)50-32-16-17-34-52(50)59(53,45-26-10-4-11-27-45)46-28-12-5-13-29-46;1-4-5-6(2)3;1-2/h2-4,6-12,14-39,50,52H,1,5,13H2;4-5H,2H2,1,3H3;1-2H3/b51-38-;5-4-;. The fourth-order valence-electron chi connectivity index (χ4n) is 10.5. The first kappa shape index (κ1) is 46.2. The number of fused-ring (bicyclic) bond motifs is 6. The Bertz CT molecular complexity index is 3180. The molecule has 0 aromatic heterocycles. The first-order valence-electron chi connectivity index (χ1n) is 24.4. The van der Waals surface area contributed by atoms with Crippen molar-refractivity contribution in [1.29, 1.82) is 0 Å². The predicted molar refractivity (Wildman–Crippen MR) is 292 cm³/mol. The molecule has 0 fully saturated rings. The highest BCUT2D eigenvalue weighted by Crippen LogP contribution is 2.65. The van der Waals surface area contributed by atoms with Gasteiger partial charge in [0.15, 0.2) is 23.0 Å². The van der Waals surface area contributed by atoms with Gasteiger partial charge in [-0.25, -0.2) is 0 Å². The first-order valence-corrected chi connectivity index (χ1v) is 24.4. The van der Waals surface area contributed by atoms with Crippen LogP contribution in [0.5, 0.6) is 23.0 Å². The van der Waals surface area contributed by atoms with Crippen LogP contribution in [0, 0.1) is 5.92 Å². The average Bonchev–Trinajstić information content (AvgIpc) is 3.72. The summed E-state index contributed by atoms with van der Waals surface area (Å²) in [5.41, 5.74) is 15.5. The lowest BCUT2D eigenvalue weighted by molar-refractivity contribution is 0.356. The van der Waals surface area contributed by atoms with Gasteiger partial charge in [0, 0.05) is 23.0 Å². The first-order chi connectivity index (χ1) is 33.9. The summed E-state index contributed by atoms with van der Waals surface area (Å²) in [6, 6.07) is 60.1. The van der Waals surface area contributed by atoms with Crippen molar-refractivity contribution in [3.63, 3.8) is 0 Å². The van der Waals surface area contributed by atoms with E-state index in [1.807, 2.05) is 45.9 Å². The second-order valence-electron chi connectivity index (χ2n) is 17.6. The summed E-state index contributed by atoms with van der Waals surface area (Å²) in [4.78, 5) is 0. The molecule has 3 aliphatic carbocycles. The molecule has 0 radical (unpaired) electrons. The topological polar surface area (TPSA) is 18.5 Å². The number of benzene rings is 7. The fraction of sp³-hybridized carbons (Fsp3) is 0.134. The summed E-state index contributed by atoms with van der Waals surface area (Å²) in [6.07, 6.45) is 24.6. The maximum atomic E-state index is 7.12. The van der Waals surface area contributed by atoms with Gasteiger partial charge in [-0.05, 0) is 112 Å². The van der Waals surface area contributed by atoms with Gasteiger partial charge >= 0.3 is 0 Å². The fourth-order valence-corrected chi connectivity index (χ4v) is 10.5. The van der Waals surface area contributed by atoms with Crippen LogP contribution >= 0.6 is 0 Å². The summed E-state index contributed by atoms with van der Waals surface area (Å²) >= 11 is 0. The van der Waals surface area contributed by atoms with Gasteiger partial charge in [0.05, 0.1) is 5.41 Å². The molecule has 4 aliphatic rings. The number of para-hydroxylation sites is 1. The zero-order valence-corrected chi connectivity index (χ0v) is 40.2. The molecule has 0 saturated carbocycles. The lowest BCUT2D eigenvalue weighted by Crippen LogP contribution is -2.35. The molecule has 11 rings (SSSR count). The molecular weight excluding hydrogens is 837 g/mol. The van der Waals surface area contributed by atoms with Crippen LogP contribution in [-0.2, 0) is 5.41 Å². The number of hydrogen-bond donors (Lipinski definition) is 0. The summed E-state index contributed by atoms with van der Waals surface area (Å²) < 4.78 is 14.2. The smallest absolute Gasteiger partial charge is 0.177 e. The van der Waals surface area contributed by atoms with Gasteiger partial charge in [0.2, 0.25) is 0 Å². The molecule has 340 valence electrons. The molecule has 0 spiro atoms. The predicted octanol–water partition coefficient (Wildman–Crippen LogP) is 18.6. The quantitative estimate of drug-likeness (QED) is 0.134. The van der Waals surface area contributed by atoms with Crippen molar-refractivity contribution in [2.45, 2.75) is 51.9 Å². The van der Waals surface area contributed by atoms with E-state index < -0.39 is 0 Å². The zero-order valence-electron chi connectivity index (χ0n) is 40.2. The highest BCUT2D eigenvalue weighted by Gasteiger charge is 2.55. The molecule has 1 aliphatic heterocycles. The molecule has 1 heterocycles. The molecule has 3 atom stereocenters. The second-order valence-corrected chi connectivity index (χ2v) is 17.6. The molecule has 7 aromatic rings. The number of allylic oxidation sites excluding steroid dienone is 13. The molecule has 0 saturated heterocycles. The Labute approximate surface area is 410 Å². The minimum Gasteiger partial charge on any atom is -0.449 e. The van der Waals surface area contributed by atoms with E-state index in [0.717, 1.165) is 68.9 Å². The van der Waals surface area contributed by atoms with E-state index in [-0.39, 0.29) is 17.3 Å². The summed E-state index contributed by atoms with van der Waals surface area (Å²) in [5.74, 6) is 3.25. The summed E-state index contributed by atoms with van der Waals surface area (Å²) in [7, 11) is 0. The van der Waals surface area contributed by atoms with Crippen LogP contribution in [0.25, 0.3) is 33.4 Å². The van der Waals surface area contributed by atoms with Crippen LogP contribution in [0.3, 0.4) is 0 Å². The number of ether oxygens (including phenoxy) is 2. The van der Waals surface area contributed by atoms with Gasteiger partial charge in [-0.2, -0.15) is 0 Å². The van der Waals surface area contributed by atoms with Gasteiger partial charge in [0.1, 0.15) is 0 Å². The Kier molecular flexibility index (Phi) is 14.0. The van der Waals surface area contributed by atoms with Crippen LogP contribution in [0.2, 0.25) is 0 Å². The second kappa shape index (κ2) is 20.9. The zero-order chi connectivity index (χ0) is 47.7. The van der Waals surface area contributed by atoms with Crippen molar-refractivity contribution >= 4 is 11.1 Å². The minimum atomic E-state index is -0.367. The van der Waals surface area contributed by atoms with Crippen molar-refractivity contribution in [2.75, 3.05) is 0 Å². The average molecular weight is 897 g/mol. The molecule has 0 bridgehead atoms. The normalized spacial score (nSPS) is 18.1. The Morgan fingerprint density at radius 3 is 1.99 bits per heavy atom. The van der Waals surface area contributed by atoms with Gasteiger partial charge in [0.25, 0.3) is 0 Å². The van der Waals surface area contributed by atoms with Crippen LogP contribution in [-0.4, -0.2) is 0 Å². The minimum absolute atomic E-state index is 0.114. The highest BCUT2D eigenvalue weighted by atomic mass is 16.6. The van der Waals surface area contributed by atoms with Gasteiger partial charge in [-0.1, -0.05) is 239 Å². The van der Waals surface area contributed by atoms with E-state index in [0.29, 0.717) is 11.5 Å². The van der Waals surface area contributed by atoms with Crippen LogP contribution in [0.15, 0.2) is 255 Å². The summed E-state index contributed by atoms with van der Waals surface area (Å²) in [5, 5.41) is 0. The van der Waals surface area contributed by atoms with E-state index in [1.54, 1.807) is 0 Å². The third kappa shape index (κ3) is 8.99. The van der Waals surface area contributed by atoms with Crippen molar-refractivity contribution in [3.05, 3.63) is 288 Å². The number of hydrogen-bond acceptors (Lipinski definition) is 2. The molecule has 2 nitrogen and oxygen atoms in total. The van der Waals surface area contributed by atoms with E-state index in [9.17, 15) is 0 Å². The van der Waals surface area contributed by atoms with Gasteiger partial charge in [-0.3, -0.25) is 0 Å². The van der Waals surface area contributed by atoms with Crippen LogP contribution in [0.4, 0.5) is 0 Å². The maximum absolute atomic E-state index is 7.12. The lowest BCUT2D eigenvalue weighted by Gasteiger charge is -2.40. The molecule has 3 unspecified atom stereocenters. The summed E-state index contributed by atoms with van der Waals surface area (Å²) in [6.45, 7) is 16.3. The largest absolute Gasteiger partial charge is 0.449 e. The molecule has 0 amide bonds. The van der Waals surface area contributed by atoms with E-state index >= 15 is 0 Å². The van der Waals surface area contributed by atoms with Crippen LogP contribution in [0.1, 0.15) is 79.8 Å². The Hall–Kier alpha value is -7.94. The molecule has 7 aromatic carbocycles. The van der Waals surface area contributed by atoms with Crippen molar-refractivity contribution in [2.24, 2.45) is 5.92 Å². The van der Waals surface area contributed by atoms with Crippen molar-refractivity contribution in [1.82, 2.24) is 0 Å². The van der Waals surface area contributed by atoms with Crippen molar-refractivity contribution < 1.29 is 9.47 Å². The maximum Gasteiger partial charge on any atom is 0.177 e. The lowest BCUT2D eigenvalue weighted by atomic mass is 9.62. The van der Waals surface area contributed by atoms with Crippen LogP contribution < -0.4 is 9.47 Å². The van der Waals surface area contributed by atoms with Gasteiger partial charge in [-0.15, -0.1) is 0 Å². The Morgan fingerprint density at radius 2 is 1.26 bits per heavy atom. The molecule has 2 heteroatoms. The SMILES string of the molecule is C=C(/C=C(/c1ccccc1)c1cccc(-c2ccccc2)c1)c1ccccc1-c1cccc2c1Oc1ccc3c(c1O2)C1C=CC=CC1C3(C1=CCCC=C1)c1ccccc1.C=C(C)/C=C\C.CC. The third-order valence-corrected chi connectivity index (χ3v) is 13.3. The third-order valence-electron chi connectivity index (χ3n) is 13.3.